The predicted molar refractivity (Wildman–Crippen MR) is 86.1 cm³/mol. The summed E-state index contributed by atoms with van der Waals surface area (Å²) in [6.45, 7) is 0.877. The van der Waals surface area contributed by atoms with Crippen molar-refractivity contribution in [2.24, 2.45) is 0 Å². The first kappa shape index (κ1) is 16.7. The van der Waals surface area contributed by atoms with Gasteiger partial charge in [-0.05, 0) is 47.0 Å². The molecule has 0 atom stereocenters. The molecule has 1 N–H and O–H groups in total. The highest BCUT2D eigenvalue weighted by Gasteiger charge is 2.25. The van der Waals surface area contributed by atoms with Crippen LogP contribution in [-0.2, 0) is 10.0 Å². The Balaban J connectivity index is 1.94. The zero-order valence-electron chi connectivity index (χ0n) is 11.5. The lowest BCUT2D eigenvalue weighted by Gasteiger charge is -2.30. The Morgan fingerprint density at radius 2 is 2.00 bits per heavy atom. The molecular weight excluding hydrogens is 380 g/mol. The molecule has 1 amide bonds. The quantitative estimate of drug-likeness (QED) is 0.853. The lowest BCUT2D eigenvalue weighted by atomic mass is 10.1. The molecule has 0 aromatic heterocycles. The van der Waals surface area contributed by atoms with Crippen LogP contribution in [0.5, 0.6) is 0 Å². The van der Waals surface area contributed by atoms with E-state index < -0.39 is 10.0 Å². The summed E-state index contributed by atoms with van der Waals surface area (Å²) in [7, 11) is -3.14. The molecule has 0 saturated carbocycles. The normalized spacial score (nSPS) is 17.7. The van der Waals surface area contributed by atoms with Crippen LogP contribution in [-0.4, -0.2) is 44.0 Å². The molecule has 1 aromatic carbocycles. The van der Waals surface area contributed by atoms with E-state index in [0.29, 0.717) is 41.0 Å². The largest absolute Gasteiger partial charge is 0.349 e. The first-order valence-corrected chi connectivity index (χ1v) is 9.50. The van der Waals surface area contributed by atoms with E-state index in [1.807, 2.05) is 0 Å². The molecule has 0 unspecified atom stereocenters. The van der Waals surface area contributed by atoms with Gasteiger partial charge in [-0.3, -0.25) is 4.79 Å². The molecule has 8 heteroatoms. The van der Waals surface area contributed by atoms with Crippen molar-refractivity contribution in [1.82, 2.24) is 9.62 Å². The number of carbonyl (C=O) groups excluding carboxylic acids is 1. The van der Waals surface area contributed by atoms with Gasteiger partial charge < -0.3 is 5.32 Å². The van der Waals surface area contributed by atoms with Crippen molar-refractivity contribution in [1.29, 1.82) is 0 Å². The Bertz CT molecular complexity index is 643. The SMILES string of the molecule is CS(=O)(=O)N1CCC(NC(=O)c2ccc(Cl)c(Br)c2)CC1. The van der Waals surface area contributed by atoms with Crippen molar-refractivity contribution in [2.75, 3.05) is 19.3 Å². The fourth-order valence-corrected chi connectivity index (χ4v) is 3.61. The molecule has 0 spiro atoms. The number of rotatable bonds is 3. The van der Waals surface area contributed by atoms with Crippen molar-refractivity contribution in [3.8, 4) is 0 Å². The van der Waals surface area contributed by atoms with Crippen LogP contribution in [0, 0.1) is 0 Å². The Labute approximate surface area is 137 Å². The van der Waals surface area contributed by atoms with Gasteiger partial charge in [0, 0.05) is 29.2 Å². The predicted octanol–water partition coefficient (Wildman–Crippen LogP) is 2.26. The van der Waals surface area contributed by atoms with Crippen LogP contribution in [0.2, 0.25) is 5.02 Å². The second kappa shape index (κ2) is 6.64. The number of piperidine rings is 1. The summed E-state index contributed by atoms with van der Waals surface area (Å²) in [5.74, 6) is -0.176. The highest BCUT2D eigenvalue weighted by Crippen LogP contribution is 2.23. The van der Waals surface area contributed by atoms with Gasteiger partial charge in [0.25, 0.3) is 5.91 Å². The van der Waals surface area contributed by atoms with E-state index in [1.54, 1.807) is 18.2 Å². The molecule has 1 heterocycles. The number of hydrogen-bond donors (Lipinski definition) is 1. The van der Waals surface area contributed by atoms with Crippen LogP contribution in [0.25, 0.3) is 0 Å². The molecule has 1 saturated heterocycles. The van der Waals surface area contributed by atoms with Crippen molar-refractivity contribution < 1.29 is 13.2 Å². The number of carbonyl (C=O) groups is 1. The van der Waals surface area contributed by atoms with E-state index in [0.717, 1.165) is 0 Å². The second-order valence-corrected chi connectivity index (χ2v) is 8.28. The Kier molecular flexibility index (Phi) is 5.29. The maximum Gasteiger partial charge on any atom is 0.251 e. The third kappa shape index (κ3) is 4.42. The molecule has 1 aliphatic heterocycles. The number of sulfonamides is 1. The van der Waals surface area contributed by atoms with Gasteiger partial charge in [0.05, 0.1) is 11.3 Å². The summed E-state index contributed by atoms with van der Waals surface area (Å²) in [6, 6.07) is 4.98. The number of hydrogen-bond acceptors (Lipinski definition) is 3. The van der Waals surface area contributed by atoms with Gasteiger partial charge in [0.2, 0.25) is 10.0 Å². The van der Waals surface area contributed by atoms with Crippen LogP contribution in [0.4, 0.5) is 0 Å². The van der Waals surface area contributed by atoms with Crippen LogP contribution < -0.4 is 5.32 Å². The highest BCUT2D eigenvalue weighted by molar-refractivity contribution is 9.10. The van der Waals surface area contributed by atoms with Crippen molar-refractivity contribution >= 4 is 43.5 Å². The number of halogens is 2. The third-order valence-electron chi connectivity index (χ3n) is 3.44. The number of nitrogens with zero attached hydrogens (tertiary/aromatic N) is 1. The van der Waals surface area contributed by atoms with Gasteiger partial charge in [-0.1, -0.05) is 11.6 Å². The van der Waals surface area contributed by atoms with E-state index in [4.69, 9.17) is 11.6 Å². The molecule has 21 heavy (non-hydrogen) atoms. The average molecular weight is 396 g/mol. The Hall–Kier alpha value is -0.630. The van der Waals surface area contributed by atoms with Gasteiger partial charge in [-0.25, -0.2) is 12.7 Å². The summed E-state index contributed by atoms with van der Waals surface area (Å²) in [5.41, 5.74) is 0.525. The minimum atomic E-state index is -3.14. The van der Waals surface area contributed by atoms with Crippen molar-refractivity contribution in [3.63, 3.8) is 0 Å². The molecule has 0 bridgehead atoms. The monoisotopic (exact) mass is 394 g/mol. The number of benzene rings is 1. The maximum absolute atomic E-state index is 12.1. The first-order valence-electron chi connectivity index (χ1n) is 6.48. The van der Waals surface area contributed by atoms with E-state index >= 15 is 0 Å². The first-order chi connectivity index (χ1) is 9.77. The van der Waals surface area contributed by atoms with E-state index in [2.05, 4.69) is 21.2 Å². The van der Waals surface area contributed by atoms with Gasteiger partial charge >= 0.3 is 0 Å². The smallest absolute Gasteiger partial charge is 0.251 e. The molecule has 0 radical (unpaired) electrons. The molecule has 1 aromatic rings. The summed E-state index contributed by atoms with van der Waals surface area (Å²) >= 11 is 9.18. The molecule has 116 valence electrons. The maximum atomic E-state index is 12.1. The van der Waals surface area contributed by atoms with Gasteiger partial charge in [0.15, 0.2) is 0 Å². The molecule has 5 nitrogen and oxygen atoms in total. The third-order valence-corrected chi connectivity index (χ3v) is 5.96. The topological polar surface area (TPSA) is 66.5 Å². The van der Waals surface area contributed by atoms with Gasteiger partial charge in [0.1, 0.15) is 0 Å². The van der Waals surface area contributed by atoms with E-state index in [9.17, 15) is 13.2 Å². The summed E-state index contributed by atoms with van der Waals surface area (Å²) in [6.07, 6.45) is 2.44. The average Bonchev–Trinajstić information content (AvgIpc) is 2.41. The second-order valence-electron chi connectivity index (χ2n) is 5.04. The zero-order valence-corrected chi connectivity index (χ0v) is 14.6. The Morgan fingerprint density at radius 3 is 2.52 bits per heavy atom. The fraction of sp³-hybridized carbons (Fsp3) is 0.462. The number of amides is 1. The minimum Gasteiger partial charge on any atom is -0.349 e. The van der Waals surface area contributed by atoms with Crippen molar-refractivity contribution in [3.05, 3.63) is 33.3 Å². The number of nitrogens with one attached hydrogen (secondary N) is 1. The summed E-state index contributed by atoms with van der Waals surface area (Å²) < 4.78 is 25.0. The van der Waals surface area contributed by atoms with Crippen molar-refractivity contribution in [2.45, 2.75) is 18.9 Å². The van der Waals surface area contributed by atoms with Crippen LogP contribution >= 0.6 is 27.5 Å². The molecule has 2 rings (SSSR count). The van der Waals surface area contributed by atoms with Gasteiger partial charge in [-0.2, -0.15) is 0 Å². The molecular formula is C13H16BrClN2O3S. The Morgan fingerprint density at radius 1 is 1.38 bits per heavy atom. The molecule has 1 aliphatic rings. The minimum absolute atomic E-state index is 0.00930. The zero-order chi connectivity index (χ0) is 15.6. The molecule has 0 aliphatic carbocycles. The highest BCUT2D eigenvalue weighted by atomic mass is 79.9. The lowest BCUT2D eigenvalue weighted by molar-refractivity contribution is 0.0924. The fourth-order valence-electron chi connectivity index (χ4n) is 2.24. The standard InChI is InChI=1S/C13H16BrClN2O3S/c1-21(19,20)17-6-4-10(5-7-17)16-13(18)9-2-3-12(15)11(14)8-9/h2-3,8,10H,4-7H2,1H3,(H,16,18). The summed E-state index contributed by atoms with van der Waals surface area (Å²) in [5, 5.41) is 3.48. The van der Waals surface area contributed by atoms with E-state index in [-0.39, 0.29) is 11.9 Å². The van der Waals surface area contributed by atoms with E-state index in [1.165, 1.54) is 10.6 Å². The van der Waals surface area contributed by atoms with Crippen LogP contribution in [0.3, 0.4) is 0 Å². The van der Waals surface area contributed by atoms with Crippen LogP contribution in [0.15, 0.2) is 22.7 Å². The summed E-state index contributed by atoms with van der Waals surface area (Å²) in [4.78, 5) is 12.1. The molecule has 1 fully saturated rings. The van der Waals surface area contributed by atoms with Gasteiger partial charge in [-0.15, -0.1) is 0 Å². The lowest BCUT2D eigenvalue weighted by Crippen LogP contribution is -2.46. The van der Waals surface area contributed by atoms with Crippen LogP contribution in [0.1, 0.15) is 23.2 Å².